The van der Waals surface area contributed by atoms with E-state index in [4.69, 9.17) is 13.9 Å². The molecule has 2 unspecified atom stereocenters. The van der Waals surface area contributed by atoms with Crippen molar-refractivity contribution in [2.24, 2.45) is 5.92 Å². The van der Waals surface area contributed by atoms with Gasteiger partial charge in [0.1, 0.15) is 35.0 Å². The molecule has 0 aliphatic carbocycles. The highest BCUT2D eigenvalue weighted by atomic mass is 19.1. The molecule has 9 heteroatoms. The average Bonchev–Trinajstić information content (AvgIpc) is 3.48. The lowest BCUT2D eigenvalue weighted by Crippen LogP contribution is -2.52. The van der Waals surface area contributed by atoms with Gasteiger partial charge in [-0.1, -0.05) is 19.9 Å². The summed E-state index contributed by atoms with van der Waals surface area (Å²) in [5.41, 5.74) is 3.46. The Bertz CT molecular complexity index is 1690. The molecule has 2 saturated heterocycles. The smallest absolute Gasteiger partial charge is 0.251 e. The molecule has 228 valence electrons. The van der Waals surface area contributed by atoms with Crippen LogP contribution in [0.5, 0.6) is 5.75 Å². The number of pyridine rings is 1. The minimum absolute atomic E-state index is 0.0151. The van der Waals surface area contributed by atoms with E-state index in [9.17, 15) is 10.1 Å². The normalized spacial score (nSPS) is 19.5. The fourth-order valence-electron chi connectivity index (χ4n) is 6.11. The van der Waals surface area contributed by atoms with Gasteiger partial charge in [0.15, 0.2) is 5.58 Å². The largest absolute Gasteiger partial charge is 0.489 e. The van der Waals surface area contributed by atoms with Crippen LogP contribution in [0.1, 0.15) is 55.5 Å². The van der Waals surface area contributed by atoms with Crippen molar-refractivity contribution in [3.8, 4) is 34.3 Å². The zero-order chi connectivity index (χ0) is 30.6. The first-order valence-corrected chi connectivity index (χ1v) is 15.4. The van der Waals surface area contributed by atoms with E-state index in [-0.39, 0.29) is 29.2 Å². The highest BCUT2D eigenvalue weighted by molar-refractivity contribution is 5.96. The number of hydrogen-bond acceptors (Lipinski definition) is 7. The van der Waals surface area contributed by atoms with Crippen molar-refractivity contribution in [2.45, 2.75) is 51.7 Å². The summed E-state index contributed by atoms with van der Waals surface area (Å²) in [6.07, 6.45) is 5.33. The quantitative estimate of drug-likeness (QED) is 0.245. The molecular formula is C35H37FN4O4. The molecule has 0 radical (unpaired) electrons. The number of ether oxygens (including phenoxy) is 2. The zero-order valence-electron chi connectivity index (χ0n) is 25.1. The zero-order valence-corrected chi connectivity index (χ0v) is 25.1. The van der Waals surface area contributed by atoms with Crippen molar-refractivity contribution in [3.63, 3.8) is 0 Å². The number of rotatable bonds is 8. The van der Waals surface area contributed by atoms with Gasteiger partial charge in [0.05, 0.1) is 24.3 Å². The minimum Gasteiger partial charge on any atom is -0.489 e. The summed E-state index contributed by atoms with van der Waals surface area (Å²) in [5.74, 6) is 0.366. The lowest BCUT2D eigenvalue weighted by Gasteiger charge is -2.37. The number of carbonyl (C=O) groups excluding carboxylic acids is 1. The molecule has 2 fully saturated rings. The molecule has 0 spiro atoms. The van der Waals surface area contributed by atoms with Crippen molar-refractivity contribution in [2.75, 3.05) is 32.8 Å². The predicted molar refractivity (Wildman–Crippen MR) is 166 cm³/mol. The van der Waals surface area contributed by atoms with E-state index in [1.165, 1.54) is 6.07 Å². The van der Waals surface area contributed by atoms with Crippen LogP contribution in [0, 0.1) is 23.1 Å². The third kappa shape index (κ3) is 6.33. The summed E-state index contributed by atoms with van der Waals surface area (Å²) >= 11 is 0. The molecular weight excluding hydrogens is 559 g/mol. The maximum absolute atomic E-state index is 15.5. The average molecular weight is 597 g/mol. The van der Waals surface area contributed by atoms with Crippen LogP contribution >= 0.6 is 0 Å². The van der Waals surface area contributed by atoms with Crippen LogP contribution in [0.25, 0.3) is 33.6 Å². The first kappa shape index (κ1) is 29.8. The molecule has 2 aliphatic heterocycles. The van der Waals surface area contributed by atoms with E-state index >= 15 is 4.39 Å². The number of benzene rings is 2. The van der Waals surface area contributed by atoms with Crippen LogP contribution in [0.3, 0.4) is 0 Å². The number of aromatic nitrogens is 1. The number of amides is 1. The summed E-state index contributed by atoms with van der Waals surface area (Å²) < 4.78 is 33.2. The number of hydrogen-bond donors (Lipinski definition) is 1. The van der Waals surface area contributed by atoms with Crippen LogP contribution in [-0.2, 0) is 4.74 Å². The van der Waals surface area contributed by atoms with E-state index in [1.807, 2.05) is 12.1 Å². The fourth-order valence-corrected chi connectivity index (χ4v) is 6.11. The highest BCUT2D eigenvalue weighted by Crippen LogP contribution is 2.36. The van der Waals surface area contributed by atoms with Crippen LogP contribution in [-0.4, -0.2) is 60.8 Å². The van der Waals surface area contributed by atoms with Crippen LogP contribution in [0.15, 0.2) is 59.1 Å². The summed E-state index contributed by atoms with van der Waals surface area (Å²) in [7, 11) is 0. The third-order valence-electron chi connectivity index (χ3n) is 8.68. The molecule has 0 saturated carbocycles. The first-order chi connectivity index (χ1) is 21.4. The second kappa shape index (κ2) is 13.2. The fraction of sp³-hybridized carbons (Fsp3) is 0.400. The van der Waals surface area contributed by atoms with Gasteiger partial charge in [-0.2, -0.15) is 5.26 Å². The van der Waals surface area contributed by atoms with Crippen LogP contribution in [0.4, 0.5) is 4.39 Å². The Morgan fingerprint density at radius 3 is 2.75 bits per heavy atom. The maximum atomic E-state index is 15.5. The predicted octanol–water partition coefficient (Wildman–Crippen LogP) is 6.58. The summed E-state index contributed by atoms with van der Waals surface area (Å²) in [6, 6.07) is 15.7. The molecule has 2 atom stereocenters. The second-order valence-corrected chi connectivity index (χ2v) is 11.8. The lowest BCUT2D eigenvalue weighted by atomic mass is 9.93. The number of halogens is 1. The Kier molecular flexibility index (Phi) is 8.91. The van der Waals surface area contributed by atoms with Gasteiger partial charge in [-0.15, -0.1) is 0 Å². The number of nitriles is 1. The molecule has 0 bridgehead atoms. The maximum Gasteiger partial charge on any atom is 0.251 e. The number of fused-ring (bicyclic) bond motifs is 1. The van der Waals surface area contributed by atoms with E-state index in [1.54, 1.807) is 36.5 Å². The van der Waals surface area contributed by atoms with Crippen molar-refractivity contribution in [3.05, 3.63) is 71.7 Å². The Hall–Kier alpha value is -4.26. The Morgan fingerprint density at radius 1 is 1.14 bits per heavy atom. The number of nitrogens with zero attached hydrogens (tertiary/aromatic N) is 3. The number of likely N-dealkylation sites (tertiary alicyclic amines) is 1. The molecule has 2 aromatic carbocycles. The first-order valence-electron chi connectivity index (χ1n) is 15.4. The molecule has 4 heterocycles. The molecule has 6 rings (SSSR count). The molecule has 44 heavy (non-hydrogen) atoms. The molecule has 2 aromatic heterocycles. The van der Waals surface area contributed by atoms with E-state index in [0.717, 1.165) is 56.4 Å². The number of furan rings is 1. The van der Waals surface area contributed by atoms with Gasteiger partial charge in [0.25, 0.3) is 5.91 Å². The van der Waals surface area contributed by atoms with Gasteiger partial charge in [0, 0.05) is 48.8 Å². The third-order valence-corrected chi connectivity index (χ3v) is 8.68. The summed E-state index contributed by atoms with van der Waals surface area (Å²) in [4.78, 5) is 19.9. The molecule has 2 aliphatic rings. The van der Waals surface area contributed by atoms with E-state index in [0.29, 0.717) is 47.3 Å². The monoisotopic (exact) mass is 596 g/mol. The van der Waals surface area contributed by atoms with Crippen molar-refractivity contribution in [1.82, 2.24) is 15.2 Å². The lowest BCUT2D eigenvalue weighted by molar-refractivity contribution is 0.0254. The molecule has 4 aromatic rings. The van der Waals surface area contributed by atoms with Gasteiger partial charge >= 0.3 is 0 Å². The second-order valence-electron chi connectivity index (χ2n) is 11.8. The summed E-state index contributed by atoms with van der Waals surface area (Å²) in [5, 5.41) is 13.0. The Morgan fingerprint density at radius 2 is 1.98 bits per heavy atom. The minimum atomic E-state index is -0.552. The van der Waals surface area contributed by atoms with Crippen molar-refractivity contribution >= 4 is 17.0 Å². The standard InChI is InChI=1S/C35H37FN4O4/c1-3-13-40-14-9-22(2)31(21-40)39-35(41)24-4-6-28(29(36)18-24)33-19-30-34(44-33)27(8-12-38-30)23-5-7-32(25(17-23)20-37)43-26-10-15-42-16-11-26/h4-8,12,17-19,22,26,31H,3,9-11,13-16,21H2,1-2H3,(H,39,41). The SMILES string of the molecule is CCCN1CCC(C)C(NC(=O)c2ccc(-c3cc4nccc(-c5ccc(OC6CCOCC6)c(C#N)c5)c4o3)c(F)c2)C1. The topological polar surface area (TPSA) is 101 Å². The molecule has 8 nitrogen and oxygen atoms in total. The molecule has 1 amide bonds. The number of carbonyl (C=O) groups is 1. The Labute approximate surface area is 256 Å². The van der Waals surface area contributed by atoms with Gasteiger partial charge in [-0.3, -0.25) is 9.78 Å². The van der Waals surface area contributed by atoms with Gasteiger partial charge in [-0.25, -0.2) is 4.39 Å². The van der Waals surface area contributed by atoms with Crippen molar-refractivity contribution in [1.29, 1.82) is 5.26 Å². The highest BCUT2D eigenvalue weighted by Gasteiger charge is 2.28. The van der Waals surface area contributed by atoms with E-state index < -0.39 is 5.82 Å². The Balaban J connectivity index is 1.22. The van der Waals surface area contributed by atoms with E-state index in [2.05, 4.69) is 35.1 Å². The van der Waals surface area contributed by atoms with Gasteiger partial charge in [-0.05, 0) is 73.8 Å². The van der Waals surface area contributed by atoms with Crippen molar-refractivity contribution < 1.29 is 23.1 Å². The van der Waals surface area contributed by atoms with Crippen LogP contribution in [0.2, 0.25) is 0 Å². The number of piperidine rings is 1. The molecule has 1 N–H and O–H groups in total. The summed E-state index contributed by atoms with van der Waals surface area (Å²) in [6.45, 7) is 8.45. The number of nitrogens with one attached hydrogen (secondary N) is 1. The van der Waals surface area contributed by atoms with Crippen LogP contribution < -0.4 is 10.1 Å². The van der Waals surface area contributed by atoms with Gasteiger partial charge in [0.2, 0.25) is 0 Å². The van der Waals surface area contributed by atoms with Gasteiger partial charge < -0.3 is 24.1 Å².